The number of carbonyl (C=O) groups excluding carboxylic acids is 1. The van der Waals surface area contributed by atoms with E-state index in [2.05, 4.69) is 0 Å². The molecule has 0 aromatic heterocycles. The van der Waals surface area contributed by atoms with Crippen molar-refractivity contribution in [2.75, 3.05) is 5.75 Å². The molecule has 2 aromatic rings. The Bertz CT molecular complexity index is 1290. The fourth-order valence-corrected chi connectivity index (χ4v) is 6.81. The average molecular weight is 583 g/mol. The number of hydrogen-bond donors (Lipinski definition) is 1. The summed E-state index contributed by atoms with van der Waals surface area (Å²) in [6.07, 6.45) is -0.0846. The maximum Gasteiger partial charge on any atom is 0.306 e. The second-order valence-electron chi connectivity index (χ2n) is 11.1. The molecule has 0 unspecified atom stereocenters. The van der Waals surface area contributed by atoms with Crippen LogP contribution in [0.2, 0.25) is 10.0 Å². The van der Waals surface area contributed by atoms with Crippen LogP contribution in [0.3, 0.4) is 0 Å². The first-order valence-electron chi connectivity index (χ1n) is 12.7. The molecule has 38 heavy (non-hydrogen) atoms. The van der Waals surface area contributed by atoms with Crippen LogP contribution in [-0.2, 0) is 24.2 Å². The molecule has 7 nitrogen and oxygen atoms in total. The van der Waals surface area contributed by atoms with Gasteiger partial charge in [0.15, 0.2) is 9.84 Å². The van der Waals surface area contributed by atoms with Crippen LogP contribution < -0.4 is 0 Å². The van der Waals surface area contributed by atoms with Crippen LogP contribution in [0.1, 0.15) is 69.7 Å². The molecule has 1 saturated heterocycles. The summed E-state index contributed by atoms with van der Waals surface area (Å²) in [4.78, 5) is 27.4. The lowest BCUT2D eigenvalue weighted by Gasteiger charge is -2.51. The van der Waals surface area contributed by atoms with Crippen LogP contribution in [-0.4, -0.2) is 52.9 Å². The van der Waals surface area contributed by atoms with Crippen LogP contribution in [0.15, 0.2) is 48.5 Å². The molecule has 4 rings (SSSR count). The van der Waals surface area contributed by atoms with Crippen LogP contribution in [0.25, 0.3) is 0 Å². The molecule has 0 radical (unpaired) electrons. The van der Waals surface area contributed by atoms with E-state index >= 15 is 0 Å². The highest BCUT2D eigenvalue weighted by molar-refractivity contribution is 7.92. The molecule has 2 fully saturated rings. The Hall–Kier alpha value is -2.13. The molecule has 4 atom stereocenters. The Kier molecular flexibility index (Phi) is 8.48. The quantitative estimate of drug-likeness (QED) is 0.419. The van der Waals surface area contributed by atoms with Crippen molar-refractivity contribution < 1.29 is 27.9 Å². The normalized spacial score (nSPS) is 23.7. The number of benzene rings is 2. The highest BCUT2D eigenvalue weighted by atomic mass is 35.5. The van der Waals surface area contributed by atoms with Gasteiger partial charge >= 0.3 is 5.97 Å². The third-order valence-corrected chi connectivity index (χ3v) is 10.7. The topological polar surface area (TPSA) is 101 Å². The van der Waals surface area contributed by atoms with Gasteiger partial charge in [0, 0.05) is 16.1 Å². The molecule has 0 spiro atoms. The van der Waals surface area contributed by atoms with Crippen molar-refractivity contribution in [1.82, 2.24) is 4.90 Å². The highest BCUT2D eigenvalue weighted by Crippen LogP contribution is 2.47. The van der Waals surface area contributed by atoms with Gasteiger partial charge < -0.3 is 14.7 Å². The van der Waals surface area contributed by atoms with Crippen LogP contribution >= 0.6 is 23.2 Å². The third-order valence-electron chi connectivity index (χ3n) is 7.55. The predicted octanol–water partition coefficient (Wildman–Crippen LogP) is 5.86. The van der Waals surface area contributed by atoms with Crippen molar-refractivity contribution in [3.63, 3.8) is 0 Å². The van der Waals surface area contributed by atoms with Crippen molar-refractivity contribution in [3.05, 3.63) is 69.7 Å². The molecule has 10 heteroatoms. The van der Waals surface area contributed by atoms with Crippen molar-refractivity contribution in [3.8, 4) is 0 Å². The number of carbonyl (C=O) groups is 2. The molecule has 2 aliphatic rings. The molecule has 1 amide bonds. The van der Waals surface area contributed by atoms with Gasteiger partial charge in [-0.15, -0.1) is 0 Å². The van der Waals surface area contributed by atoms with Crippen molar-refractivity contribution in [2.45, 2.75) is 75.5 Å². The first-order chi connectivity index (χ1) is 17.8. The number of morpholine rings is 1. The second-order valence-corrected chi connectivity index (χ2v) is 14.8. The monoisotopic (exact) mass is 581 g/mol. The SMILES string of the molecule is CC(C)(C)S(=O)(=O)C[C@H](C1CCC1)N1C(=O)[C@H](CC(=O)O)O[C@H](c2cccc(Cl)c2)[C@H]1c1ccc(Cl)cc1. The highest BCUT2D eigenvalue weighted by Gasteiger charge is 2.51. The Balaban J connectivity index is 1.91. The lowest BCUT2D eigenvalue weighted by molar-refractivity contribution is -0.185. The van der Waals surface area contributed by atoms with E-state index in [1.54, 1.807) is 68.1 Å². The van der Waals surface area contributed by atoms with E-state index in [1.165, 1.54) is 0 Å². The van der Waals surface area contributed by atoms with Gasteiger partial charge in [-0.1, -0.05) is 53.9 Å². The van der Waals surface area contributed by atoms with Gasteiger partial charge in [-0.2, -0.15) is 0 Å². The Morgan fingerprint density at radius 2 is 1.74 bits per heavy atom. The van der Waals surface area contributed by atoms with Gasteiger partial charge in [0.2, 0.25) is 0 Å². The first kappa shape index (κ1) is 28.9. The molecule has 1 aliphatic heterocycles. The molecule has 0 bridgehead atoms. The number of carboxylic acids is 1. The number of sulfone groups is 1. The largest absolute Gasteiger partial charge is 0.481 e. The van der Waals surface area contributed by atoms with Gasteiger partial charge in [0.05, 0.1) is 23.0 Å². The Morgan fingerprint density at radius 1 is 1.08 bits per heavy atom. The first-order valence-corrected chi connectivity index (χ1v) is 15.1. The predicted molar refractivity (Wildman–Crippen MR) is 147 cm³/mol. The fourth-order valence-electron chi connectivity index (χ4n) is 5.11. The maximum atomic E-state index is 14.1. The van der Waals surface area contributed by atoms with E-state index in [-0.39, 0.29) is 11.7 Å². The second kappa shape index (κ2) is 11.2. The number of ether oxygens (including phenoxy) is 1. The summed E-state index contributed by atoms with van der Waals surface area (Å²) in [6, 6.07) is 12.7. The van der Waals surface area contributed by atoms with Gasteiger partial charge in [-0.3, -0.25) is 9.59 Å². The Morgan fingerprint density at radius 3 is 2.26 bits per heavy atom. The Labute approximate surface area is 234 Å². The van der Waals surface area contributed by atoms with E-state index < -0.39 is 57.2 Å². The molecule has 2 aromatic carbocycles. The minimum atomic E-state index is -3.63. The standard InChI is InChI=1S/C28H33Cl2NO6S/c1-28(2,3)38(35,36)16-22(17-6-4-7-17)31-25(18-10-12-20(29)13-11-18)26(19-8-5-9-21(30)14-19)37-23(27(31)34)15-24(32)33/h5,8-14,17,22-23,25-26H,4,6-7,15-16H2,1-3H3,(H,32,33)/t22-,23+,25-,26-/m1/s1. The van der Waals surface area contributed by atoms with Crippen LogP contribution in [0.5, 0.6) is 0 Å². The van der Waals surface area contributed by atoms with Crippen molar-refractivity contribution in [1.29, 1.82) is 0 Å². The molecule has 1 aliphatic carbocycles. The van der Waals surface area contributed by atoms with E-state index in [4.69, 9.17) is 27.9 Å². The lowest BCUT2D eigenvalue weighted by Crippen LogP contribution is -2.60. The number of aliphatic carboxylic acids is 1. The van der Waals surface area contributed by atoms with Gasteiger partial charge in [-0.05, 0) is 74.9 Å². The number of halogens is 2. The molecule has 1 saturated carbocycles. The van der Waals surface area contributed by atoms with Crippen molar-refractivity contribution in [2.24, 2.45) is 5.92 Å². The zero-order valence-corrected chi connectivity index (χ0v) is 24.0. The fraction of sp³-hybridized carbons (Fsp3) is 0.500. The molecular formula is C28H33Cl2NO6S. The molecular weight excluding hydrogens is 549 g/mol. The van der Waals surface area contributed by atoms with Gasteiger partial charge in [-0.25, -0.2) is 8.42 Å². The zero-order valence-electron chi connectivity index (χ0n) is 21.6. The van der Waals surface area contributed by atoms with Crippen LogP contribution in [0.4, 0.5) is 0 Å². The van der Waals surface area contributed by atoms with E-state index in [0.29, 0.717) is 21.2 Å². The van der Waals surface area contributed by atoms with Crippen molar-refractivity contribution >= 4 is 44.9 Å². The minimum absolute atomic E-state index is 0.0329. The summed E-state index contributed by atoms with van der Waals surface area (Å²) in [5.74, 6) is -1.96. The smallest absolute Gasteiger partial charge is 0.306 e. The van der Waals surface area contributed by atoms with Gasteiger partial charge in [0.25, 0.3) is 5.91 Å². The summed E-state index contributed by atoms with van der Waals surface area (Å²) < 4.78 is 32.2. The summed E-state index contributed by atoms with van der Waals surface area (Å²) in [6.45, 7) is 4.96. The molecule has 206 valence electrons. The third kappa shape index (κ3) is 6.03. The number of hydrogen-bond acceptors (Lipinski definition) is 5. The molecule has 1 N–H and O–H groups in total. The average Bonchev–Trinajstić information content (AvgIpc) is 2.78. The summed E-state index contributed by atoms with van der Waals surface area (Å²) >= 11 is 12.5. The number of amides is 1. The van der Waals surface area contributed by atoms with Crippen LogP contribution in [0, 0.1) is 5.92 Å². The van der Waals surface area contributed by atoms with E-state index in [1.807, 2.05) is 6.07 Å². The number of rotatable bonds is 8. The number of carboxylic acid groups (broad SMARTS) is 1. The summed E-state index contributed by atoms with van der Waals surface area (Å²) in [5.41, 5.74) is 1.37. The maximum absolute atomic E-state index is 14.1. The van der Waals surface area contributed by atoms with E-state index in [0.717, 1.165) is 19.3 Å². The lowest BCUT2D eigenvalue weighted by atomic mass is 9.78. The summed E-state index contributed by atoms with van der Waals surface area (Å²) in [7, 11) is -3.63. The summed E-state index contributed by atoms with van der Waals surface area (Å²) in [5, 5.41) is 10.6. The van der Waals surface area contributed by atoms with E-state index in [9.17, 15) is 23.1 Å². The number of nitrogens with zero attached hydrogens (tertiary/aromatic N) is 1. The van der Waals surface area contributed by atoms with Gasteiger partial charge in [0.1, 0.15) is 12.2 Å². The minimum Gasteiger partial charge on any atom is -0.481 e. The zero-order chi connectivity index (χ0) is 27.8. The molecule has 1 heterocycles.